The van der Waals surface area contributed by atoms with Crippen LogP contribution in [0.4, 0.5) is 0 Å². The second-order valence-electron chi connectivity index (χ2n) is 5.80. The van der Waals surface area contributed by atoms with Crippen LogP contribution < -0.4 is 11.2 Å². The van der Waals surface area contributed by atoms with Crippen molar-refractivity contribution in [3.05, 3.63) is 31.6 Å². The highest BCUT2D eigenvalue weighted by Crippen LogP contribution is 2.41. The molecular formula is C14H21ClN2O2S. The van der Waals surface area contributed by atoms with E-state index in [-0.39, 0.29) is 21.4 Å². The molecule has 1 aromatic heterocycles. The average molecular weight is 317 g/mol. The summed E-state index contributed by atoms with van der Waals surface area (Å²) in [5, 5.41) is 0.177. The lowest BCUT2D eigenvalue weighted by atomic mass is 10.1. The summed E-state index contributed by atoms with van der Waals surface area (Å²) in [5.41, 5.74) is -0.140. The second-order valence-corrected chi connectivity index (χ2v) is 7.45. The summed E-state index contributed by atoms with van der Waals surface area (Å²) >= 11 is 7.78. The van der Waals surface area contributed by atoms with Crippen LogP contribution in [-0.4, -0.2) is 20.6 Å². The molecule has 0 aliphatic heterocycles. The van der Waals surface area contributed by atoms with Crippen molar-refractivity contribution in [1.82, 2.24) is 9.55 Å². The third-order valence-electron chi connectivity index (χ3n) is 4.15. The van der Waals surface area contributed by atoms with Crippen molar-refractivity contribution < 1.29 is 0 Å². The summed E-state index contributed by atoms with van der Waals surface area (Å²) in [7, 11) is 0. The molecule has 0 aromatic carbocycles. The molecule has 1 fully saturated rings. The number of aromatic amines is 1. The van der Waals surface area contributed by atoms with Gasteiger partial charge in [-0.3, -0.25) is 14.3 Å². The highest BCUT2D eigenvalue weighted by atomic mass is 35.5. The molecule has 1 aromatic rings. The Kier molecular flexibility index (Phi) is 4.69. The van der Waals surface area contributed by atoms with Gasteiger partial charge in [-0.2, -0.15) is 11.8 Å². The van der Waals surface area contributed by atoms with Crippen molar-refractivity contribution in [3.63, 3.8) is 0 Å². The van der Waals surface area contributed by atoms with E-state index in [4.69, 9.17) is 11.6 Å². The summed E-state index contributed by atoms with van der Waals surface area (Å²) in [5.74, 6) is -0.00749. The molecule has 20 heavy (non-hydrogen) atoms. The third kappa shape index (κ3) is 2.84. The van der Waals surface area contributed by atoms with Gasteiger partial charge in [0.25, 0.3) is 5.56 Å². The molecule has 1 N–H and O–H groups in total. The standard InChI is InChI=1S/C14H21ClN2O2S/c1-9(2)10-11(15)16-13(19)17(12(10)18)8-14(20-3)6-4-5-7-14/h9H,4-8H2,1-3H3,(H,16,19). The summed E-state index contributed by atoms with van der Waals surface area (Å²) in [4.78, 5) is 27.3. The maximum Gasteiger partial charge on any atom is 0.329 e. The molecule has 0 spiro atoms. The van der Waals surface area contributed by atoms with Crippen LogP contribution in [0, 0.1) is 0 Å². The lowest BCUT2D eigenvalue weighted by Crippen LogP contribution is -2.43. The monoisotopic (exact) mass is 316 g/mol. The molecule has 2 rings (SSSR count). The van der Waals surface area contributed by atoms with E-state index < -0.39 is 5.69 Å². The largest absolute Gasteiger partial charge is 0.329 e. The molecule has 0 unspecified atom stereocenters. The van der Waals surface area contributed by atoms with Gasteiger partial charge in [-0.05, 0) is 25.0 Å². The molecule has 4 nitrogen and oxygen atoms in total. The minimum Gasteiger partial charge on any atom is -0.297 e. The fraction of sp³-hybridized carbons (Fsp3) is 0.714. The van der Waals surface area contributed by atoms with E-state index in [9.17, 15) is 9.59 Å². The SMILES string of the molecule is CSC1(Cn2c(=O)[nH]c(Cl)c(C(C)C)c2=O)CCCC1. The van der Waals surface area contributed by atoms with Crippen molar-refractivity contribution in [3.8, 4) is 0 Å². The van der Waals surface area contributed by atoms with Crippen molar-refractivity contribution in [2.24, 2.45) is 0 Å². The molecule has 1 aliphatic carbocycles. The van der Waals surface area contributed by atoms with E-state index in [2.05, 4.69) is 11.2 Å². The van der Waals surface area contributed by atoms with Gasteiger partial charge in [0.2, 0.25) is 0 Å². The Hall–Kier alpha value is -0.680. The van der Waals surface area contributed by atoms with Crippen molar-refractivity contribution in [1.29, 1.82) is 0 Å². The number of nitrogens with one attached hydrogen (secondary N) is 1. The molecule has 112 valence electrons. The number of halogens is 1. The smallest absolute Gasteiger partial charge is 0.297 e. The first-order valence-electron chi connectivity index (χ1n) is 6.98. The lowest BCUT2D eigenvalue weighted by Gasteiger charge is -2.27. The highest BCUT2D eigenvalue weighted by Gasteiger charge is 2.34. The van der Waals surface area contributed by atoms with E-state index in [0.717, 1.165) is 25.7 Å². The van der Waals surface area contributed by atoms with Gasteiger partial charge >= 0.3 is 5.69 Å². The lowest BCUT2D eigenvalue weighted by molar-refractivity contribution is 0.475. The summed E-state index contributed by atoms with van der Waals surface area (Å²) < 4.78 is 1.35. The molecule has 1 aliphatic rings. The van der Waals surface area contributed by atoms with Gasteiger partial charge in [-0.1, -0.05) is 38.3 Å². The molecule has 0 amide bonds. The van der Waals surface area contributed by atoms with Crippen molar-refractivity contribution >= 4 is 23.4 Å². The van der Waals surface area contributed by atoms with E-state index in [1.807, 2.05) is 13.8 Å². The van der Waals surface area contributed by atoms with Crippen molar-refractivity contribution in [2.45, 2.75) is 56.7 Å². The molecule has 0 bridgehead atoms. The molecule has 6 heteroatoms. The van der Waals surface area contributed by atoms with Crippen LogP contribution in [0.2, 0.25) is 5.15 Å². The van der Waals surface area contributed by atoms with Crippen LogP contribution in [0.15, 0.2) is 9.59 Å². The molecule has 0 radical (unpaired) electrons. The minimum absolute atomic E-state index is 0.00749. The number of hydrogen-bond acceptors (Lipinski definition) is 3. The zero-order chi connectivity index (χ0) is 14.9. The average Bonchev–Trinajstić information content (AvgIpc) is 2.83. The number of rotatable bonds is 4. The number of aromatic nitrogens is 2. The summed E-state index contributed by atoms with van der Waals surface area (Å²) in [6.45, 7) is 4.29. The third-order valence-corrected chi connectivity index (χ3v) is 5.85. The predicted molar refractivity (Wildman–Crippen MR) is 85.1 cm³/mol. The van der Waals surface area contributed by atoms with Gasteiger partial charge in [0.05, 0.1) is 5.56 Å². The number of thioether (sulfide) groups is 1. The van der Waals surface area contributed by atoms with Crippen molar-refractivity contribution in [2.75, 3.05) is 6.26 Å². The Balaban J connectivity index is 2.49. The van der Waals surface area contributed by atoms with Gasteiger partial charge < -0.3 is 0 Å². The first kappa shape index (κ1) is 15.7. The van der Waals surface area contributed by atoms with Gasteiger partial charge in [-0.25, -0.2) is 4.79 Å². The molecular weight excluding hydrogens is 296 g/mol. The topological polar surface area (TPSA) is 54.9 Å². The van der Waals surface area contributed by atoms with E-state index in [1.165, 1.54) is 4.57 Å². The zero-order valence-corrected chi connectivity index (χ0v) is 13.7. The fourth-order valence-corrected chi connectivity index (χ4v) is 4.27. The fourth-order valence-electron chi connectivity index (χ4n) is 2.94. The minimum atomic E-state index is -0.398. The second kappa shape index (κ2) is 5.98. The Morgan fingerprint density at radius 1 is 1.35 bits per heavy atom. The molecule has 1 heterocycles. The summed E-state index contributed by atoms with van der Waals surface area (Å²) in [6, 6.07) is 0. The van der Waals surface area contributed by atoms with Crippen LogP contribution >= 0.6 is 23.4 Å². The number of H-pyrrole nitrogens is 1. The quantitative estimate of drug-likeness (QED) is 0.869. The number of nitrogens with zero attached hydrogens (tertiary/aromatic N) is 1. The maximum absolute atomic E-state index is 12.5. The van der Waals surface area contributed by atoms with Gasteiger partial charge in [-0.15, -0.1) is 0 Å². The van der Waals surface area contributed by atoms with Crippen LogP contribution in [-0.2, 0) is 6.54 Å². The first-order valence-corrected chi connectivity index (χ1v) is 8.58. The van der Waals surface area contributed by atoms with E-state index >= 15 is 0 Å². The Labute approximate surface area is 127 Å². The van der Waals surface area contributed by atoms with Gasteiger partial charge in [0, 0.05) is 11.3 Å². The van der Waals surface area contributed by atoms with Crippen LogP contribution in [0.25, 0.3) is 0 Å². The van der Waals surface area contributed by atoms with E-state index in [1.54, 1.807) is 11.8 Å². The zero-order valence-electron chi connectivity index (χ0n) is 12.2. The van der Waals surface area contributed by atoms with Crippen LogP contribution in [0.1, 0.15) is 51.0 Å². The molecule has 1 saturated carbocycles. The molecule has 0 atom stereocenters. The van der Waals surface area contributed by atoms with Gasteiger partial charge in [0.15, 0.2) is 0 Å². The highest BCUT2D eigenvalue weighted by molar-refractivity contribution is 8.00. The Morgan fingerprint density at radius 2 is 1.95 bits per heavy atom. The van der Waals surface area contributed by atoms with E-state index in [0.29, 0.717) is 12.1 Å². The summed E-state index contributed by atoms with van der Waals surface area (Å²) in [6.07, 6.45) is 6.50. The van der Waals surface area contributed by atoms with Crippen LogP contribution in [0.5, 0.6) is 0 Å². The first-order chi connectivity index (χ1) is 9.40. The Morgan fingerprint density at radius 3 is 2.45 bits per heavy atom. The maximum atomic E-state index is 12.5. The predicted octanol–water partition coefficient (Wildman–Crippen LogP) is 2.99. The molecule has 0 saturated heterocycles. The number of hydrogen-bond donors (Lipinski definition) is 1. The normalized spacial score (nSPS) is 17.9. The van der Waals surface area contributed by atoms with Gasteiger partial charge in [0.1, 0.15) is 5.15 Å². The Bertz CT molecular complexity index is 600. The van der Waals surface area contributed by atoms with Crippen LogP contribution in [0.3, 0.4) is 0 Å².